The second-order valence-electron chi connectivity index (χ2n) is 4.26. The summed E-state index contributed by atoms with van der Waals surface area (Å²) in [6, 6.07) is 0. The Balaban J connectivity index is 2.30. The summed E-state index contributed by atoms with van der Waals surface area (Å²) in [5, 5.41) is 3.27. The van der Waals surface area contributed by atoms with E-state index in [2.05, 4.69) is 17.2 Å². The van der Waals surface area contributed by atoms with Crippen LogP contribution in [0.2, 0.25) is 0 Å². The van der Waals surface area contributed by atoms with Crippen molar-refractivity contribution in [3.63, 3.8) is 0 Å². The van der Waals surface area contributed by atoms with Crippen LogP contribution in [0.25, 0.3) is 0 Å². The molecule has 0 unspecified atom stereocenters. The normalized spacial score (nSPS) is 11.9. The van der Waals surface area contributed by atoms with E-state index in [0.717, 1.165) is 25.2 Å². The standard InChI is InChI=1S/C11H21N3O2S/c1-3-5-12-8-11-9-14(10-13-11)6-4-7-17(2,15)16/h9-10,12H,3-8H2,1-2H3. The molecule has 5 nitrogen and oxygen atoms in total. The van der Waals surface area contributed by atoms with Crippen LogP contribution in [0.5, 0.6) is 0 Å². The Labute approximate surface area is 103 Å². The number of hydrogen-bond donors (Lipinski definition) is 1. The molecule has 0 amide bonds. The molecule has 1 aromatic rings. The van der Waals surface area contributed by atoms with Crippen LogP contribution in [0.15, 0.2) is 12.5 Å². The van der Waals surface area contributed by atoms with E-state index in [4.69, 9.17) is 0 Å². The Morgan fingerprint density at radius 3 is 2.88 bits per heavy atom. The van der Waals surface area contributed by atoms with Gasteiger partial charge in [-0.3, -0.25) is 0 Å². The zero-order valence-corrected chi connectivity index (χ0v) is 11.3. The SMILES string of the molecule is CCCNCc1cn(CCCS(C)(=O)=O)cn1. The van der Waals surface area contributed by atoms with E-state index in [1.54, 1.807) is 6.33 Å². The van der Waals surface area contributed by atoms with Gasteiger partial charge in [0.25, 0.3) is 0 Å². The van der Waals surface area contributed by atoms with Crippen molar-refractivity contribution in [1.29, 1.82) is 0 Å². The molecule has 6 heteroatoms. The van der Waals surface area contributed by atoms with E-state index < -0.39 is 9.84 Å². The summed E-state index contributed by atoms with van der Waals surface area (Å²) >= 11 is 0. The molecular weight excluding hydrogens is 238 g/mol. The number of sulfone groups is 1. The first-order valence-electron chi connectivity index (χ1n) is 5.90. The molecule has 0 aliphatic carbocycles. The lowest BCUT2D eigenvalue weighted by molar-refractivity contribution is 0.591. The molecule has 0 fully saturated rings. The van der Waals surface area contributed by atoms with Gasteiger partial charge in [0.05, 0.1) is 17.8 Å². The van der Waals surface area contributed by atoms with Gasteiger partial charge in [0, 0.05) is 25.5 Å². The lowest BCUT2D eigenvalue weighted by atomic mass is 10.4. The predicted molar refractivity (Wildman–Crippen MR) is 68.6 cm³/mol. The van der Waals surface area contributed by atoms with Gasteiger partial charge in [0.1, 0.15) is 9.84 Å². The zero-order chi connectivity index (χ0) is 12.7. The van der Waals surface area contributed by atoms with Crippen molar-refractivity contribution in [2.24, 2.45) is 0 Å². The highest BCUT2D eigenvalue weighted by atomic mass is 32.2. The van der Waals surface area contributed by atoms with Gasteiger partial charge in [0.15, 0.2) is 0 Å². The number of nitrogens with zero attached hydrogens (tertiary/aromatic N) is 2. The first kappa shape index (κ1) is 14.2. The van der Waals surface area contributed by atoms with Crippen LogP contribution in [-0.4, -0.2) is 36.5 Å². The molecule has 0 spiro atoms. The molecule has 1 N–H and O–H groups in total. The van der Waals surface area contributed by atoms with Gasteiger partial charge in [-0.25, -0.2) is 13.4 Å². The van der Waals surface area contributed by atoms with Crippen molar-refractivity contribution in [2.75, 3.05) is 18.6 Å². The topological polar surface area (TPSA) is 64.0 Å². The molecule has 0 aliphatic heterocycles. The number of hydrogen-bond acceptors (Lipinski definition) is 4. The third-order valence-electron chi connectivity index (χ3n) is 2.35. The van der Waals surface area contributed by atoms with Crippen molar-refractivity contribution in [3.05, 3.63) is 18.2 Å². The van der Waals surface area contributed by atoms with Crippen molar-refractivity contribution in [1.82, 2.24) is 14.9 Å². The van der Waals surface area contributed by atoms with E-state index >= 15 is 0 Å². The molecule has 1 rings (SSSR count). The quantitative estimate of drug-likeness (QED) is 0.702. The minimum Gasteiger partial charge on any atom is -0.337 e. The van der Waals surface area contributed by atoms with Crippen molar-refractivity contribution in [3.8, 4) is 0 Å². The van der Waals surface area contributed by atoms with Crippen molar-refractivity contribution < 1.29 is 8.42 Å². The fourth-order valence-corrected chi connectivity index (χ4v) is 2.18. The van der Waals surface area contributed by atoms with Crippen LogP contribution < -0.4 is 5.32 Å². The molecular formula is C11H21N3O2S. The second kappa shape index (κ2) is 6.76. The highest BCUT2D eigenvalue weighted by Gasteiger charge is 2.03. The average molecular weight is 259 g/mol. The minimum atomic E-state index is -2.85. The number of aryl methyl sites for hydroxylation is 1. The number of aromatic nitrogens is 2. The molecule has 98 valence electrons. The van der Waals surface area contributed by atoms with Gasteiger partial charge in [0.2, 0.25) is 0 Å². The summed E-state index contributed by atoms with van der Waals surface area (Å²) in [7, 11) is -2.85. The average Bonchev–Trinajstić information content (AvgIpc) is 2.64. The van der Waals surface area contributed by atoms with Crippen LogP contribution >= 0.6 is 0 Å². The smallest absolute Gasteiger partial charge is 0.147 e. The fraction of sp³-hybridized carbons (Fsp3) is 0.727. The summed E-state index contributed by atoms with van der Waals surface area (Å²) < 4.78 is 23.9. The van der Waals surface area contributed by atoms with E-state index in [1.165, 1.54) is 6.26 Å². The molecule has 1 aromatic heterocycles. The Morgan fingerprint density at radius 2 is 2.24 bits per heavy atom. The first-order chi connectivity index (χ1) is 8.01. The molecule has 0 saturated heterocycles. The minimum absolute atomic E-state index is 0.231. The third kappa shape index (κ3) is 6.43. The van der Waals surface area contributed by atoms with Gasteiger partial charge in [-0.1, -0.05) is 6.92 Å². The molecule has 17 heavy (non-hydrogen) atoms. The third-order valence-corrected chi connectivity index (χ3v) is 3.38. The van der Waals surface area contributed by atoms with E-state index in [9.17, 15) is 8.42 Å². The number of nitrogens with one attached hydrogen (secondary N) is 1. The van der Waals surface area contributed by atoms with E-state index in [0.29, 0.717) is 13.0 Å². The Morgan fingerprint density at radius 1 is 1.47 bits per heavy atom. The molecule has 0 aliphatic rings. The molecule has 0 saturated carbocycles. The highest BCUT2D eigenvalue weighted by molar-refractivity contribution is 7.90. The lowest BCUT2D eigenvalue weighted by Gasteiger charge is -2.01. The van der Waals surface area contributed by atoms with Gasteiger partial charge < -0.3 is 9.88 Å². The summed E-state index contributed by atoms with van der Waals surface area (Å²) in [4.78, 5) is 4.25. The molecule has 0 radical (unpaired) electrons. The molecule has 0 atom stereocenters. The van der Waals surface area contributed by atoms with E-state index in [-0.39, 0.29) is 5.75 Å². The largest absolute Gasteiger partial charge is 0.337 e. The van der Waals surface area contributed by atoms with Crippen LogP contribution in [-0.2, 0) is 22.9 Å². The summed E-state index contributed by atoms with van der Waals surface area (Å²) in [6.07, 6.45) is 6.73. The Kier molecular flexibility index (Phi) is 5.64. The summed E-state index contributed by atoms with van der Waals surface area (Å²) in [5.41, 5.74) is 0.998. The van der Waals surface area contributed by atoms with Gasteiger partial charge >= 0.3 is 0 Å². The Hall–Kier alpha value is -0.880. The van der Waals surface area contributed by atoms with Gasteiger partial charge in [-0.2, -0.15) is 0 Å². The zero-order valence-electron chi connectivity index (χ0n) is 10.5. The van der Waals surface area contributed by atoms with Gasteiger partial charge in [-0.15, -0.1) is 0 Å². The van der Waals surface area contributed by atoms with Crippen molar-refractivity contribution in [2.45, 2.75) is 32.9 Å². The molecule has 1 heterocycles. The number of imidazole rings is 1. The molecule has 0 aromatic carbocycles. The second-order valence-corrected chi connectivity index (χ2v) is 6.52. The lowest BCUT2D eigenvalue weighted by Crippen LogP contribution is -2.13. The van der Waals surface area contributed by atoms with Crippen molar-refractivity contribution >= 4 is 9.84 Å². The Bertz CT molecular complexity index is 426. The number of rotatable bonds is 8. The maximum Gasteiger partial charge on any atom is 0.147 e. The fourth-order valence-electron chi connectivity index (χ4n) is 1.52. The first-order valence-corrected chi connectivity index (χ1v) is 7.96. The summed E-state index contributed by atoms with van der Waals surface area (Å²) in [6.45, 7) is 4.58. The maximum atomic E-state index is 11.0. The van der Waals surface area contributed by atoms with Crippen LogP contribution in [0, 0.1) is 0 Å². The maximum absolute atomic E-state index is 11.0. The van der Waals surface area contributed by atoms with Crippen LogP contribution in [0.1, 0.15) is 25.5 Å². The van der Waals surface area contributed by atoms with Gasteiger partial charge in [-0.05, 0) is 19.4 Å². The van der Waals surface area contributed by atoms with Crippen LogP contribution in [0.3, 0.4) is 0 Å². The summed E-state index contributed by atoms with van der Waals surface area (Å²) in [5.74, 6) is 0.231. The van der Waals surface area contributed by atoms with E-state index in [1.807, 2.05) is 10.8 Å². The monoisotopic (exact) mass is 259 g/mol. The molecule has 0 bridgehead atoms. The van der Waals surface area contributed by atoms with Crippen LogP contribution in [0.4, 0.5) is 0 Å². The highest BCUT2D eigenvalue weighted by Crippen LogP contribution is 1.99. The predicted octanol–water partition coefficient (Wildman–Crippen LogP) is 0.817.